The quantitative estimate of drug-likeness (QED) is 0.827. The molecule has 0 aromatic heterocycles. The molecular formula is C14H19NO3. The first-order valence-corrected chi connectivity index (χ1v) is 5.74. The van der Waals surface area contributed by atoms with Crippen LogP contribution in [0.15, 0.2) is 12.1 Å². The zero-order valence-electron chi connectivity index (χ0n) is 11.2. The first kappa shape index (κ1) is 14.2. The van der Waals surface area contributed by atoms with Crippen molar-refractivity contribution in [1.82, 2.24) is 0 Å². The third-order valence-electron chi connectivity index (χ3n) is 2.54. The highest BCUT2D eigenvalue weighted by Gasteiger charge is 2.14. The van der Waals surface area contributed by atoms with E-state index in [2.05, 4.69) is 11.8 Å². The van der Waals surface area contributed by atoms with Gasteiger partial charge in [0.15, 0.2) is 11.5 Å². The number of hydrogen-bond acceptors (Lipinski definition) is 4. The van der Waals surface area contributed by atoms with Crippen LogP contribution in [0, 0.1) is 11.8 Å². The number of rotatable bonds is 4. The molecule has 98 valence electrons. The van der Waals surface area contributed by atoms with Crippen LogP contribution < -0.4 is 19.9 Å². The van der Waals surface area contributed by atoms with Gasteiger partial charge < -0.3 is 19.9 Å². The predicted molar refractivity (Wildman–Crippen MR) is 71.2 cm³/mol. The number of methoxy groups -OCH3 is 3. The second-order valence-electron chi connectivity index (χ2n) is 3.67. The minimum atomic E-state index is -0.136. The summed E-state index contributed by atoms with van der Waals surface area (Å²) in [5.74, 6) is 7.68. The summed E-state index contributed by atoms with van der Waals surface area (Å²) in [7, 11) is 4.72. The van der Waals surface area contributed by atoms with Gasteiger partial charge in [0.25, 0.3) is 0 Å². The molecule has 18 heavy (non-hydrogen) atoms. The highest BCUT2D eigenvalue weighted by Crippen LogP contribution is 2.39. The van der Waals surface area contributed by atoms with E-state index in [1.807, 2.05) is 13.0 Å². The smallest absolute Gasteiger partial charge is 0.204 e. The number of hydrogen-bond donors (Lipinski definition) is 1. The molecule has 1 unspecified atom stereocenters. The Balaban J connectivity index is 3.23. The number of benzene rings is 1. The monoisotopic (exact) mass is 249 g/mol. The van der Waals surface area contributed by atoms with E-state index >= 15 is 0 Å². The lowest BCUT2D eigenvalue weighted by Crippen LogP contribution is -2.15. The summed E-state index contributed by atoms with van der Waals surface area (Å²) in [6.07, 6.45) is 0.808. The molecule has 1 rings (SSSR count). The summed E-state index contributed by atoms with van der Waals surface area (Å²) in [4.78, 5) is 0. The van der Waals surface area contributed by atoms with E-state index in [1.54, 1.807) is 27.4 Å². The third kappa shape index (κ3) is 3.08. The highest BCUT2D eigenvalue weighted by atomic mass is 16.5. The van der Waals surface area contributed by atoms with E-state index in [1.165, 1.54) is 0 Å². The van der Waals surface area contributed by atoms with Gasteiger partial charge in [-0.1, -0.05) is 18.8 Å². The molecule has 0 spiro atoms. The SMILES string of the molecule is CCC(N)C#Cc1ccc(OC)c(OC)c1OC. The van der Waals surface area contributed by atoms with Gasteiger partial charge in [0, 0.05) is 0 Å². The summed E-state index contributed by atoms with van der Waals surface area (Å²) in [5.41, 5.74) is 6.50. The van der Waals surface area contributed by atoms with E-state index in [9.17, 15) is 0 Å². The van der Waals surface area contributed by atoms with Crippen LogP contribution >= 0.6 is 0 Å². The lowest BCUT2D eigenvalue weighted by atomic mass is 10.1. The number of nitrogens with two attached hydrogens (primary N) is 1. The minimum absolute atomic E-state index is 0.136. The Bertz CT molecular complexity index is 460. The summed E-state index contributed by atoms with van der Waals surface area (Å²) in [6, 6.07) is 3.49. The van der Waals surface area contributed by atoms with E-state index in [-0.39, 0.29) is 6.04 Å². The molecular weight excluding hydrogens is 230 g/mol. The van der Waals surface area contributed by atoms with Crippen LogP contribution in [-0.4, -0.2) is 27.4 Å². The van der Waals surface area contributed by atoms with Gasteiger partial charge in [-0.25, -0.2) is 0 Å². The fourth-order valence-electron chi connectivity index (χ4n) is 1.47. The van der Waals surface area contributed by atoms with Crippen LogP contribution in [0.25, 0.3) is 0 Å². The summed E-state index contributed by atoms with van der Waals surface area (Å²) in [6.45, 7) is 1.99. The van der Waals surface area contributed by atoms with Gasteiger partial charge in [-0.15, -0.1) is 0 Å². The predicted octanol–water partition coefficient (Wildman–Crippen LogP) is 1.80. The first-order valence-electron chi connectivity index (χ1n) is 5.74. The molecule has 0 radical (unpaired) electrons. The molecule has 4 nitrogen and oxygen atoms in total. The Morgan fingerprint density at radius 2 is 1.78 bits per heavy atom. The molecule has 2 N–H and O–H groups in total. The van der Waals surface area contributed by atoms with Gasteiger partial charge in [-0.2, -0.15) is 0 Å². The molecule has 0 saturated carbocycles. The Labute approximate surface area is 108 Å². The summed E-state index contributed by atoms with van der Waals surface area (Å²) >= 11 is 0. The molecule has 0 aliphatic carbocycles. The number of ether oxygens (including phenoxy) is 3. The summed E-state index contributed by atoms with van der Waals surface area (Å²) in [5, 5.41) is 0. The molecule has 0 amide bonds. The second kappa shape index (κ2) is 6.77. The fraction of sp³-hybridized carbons (Fsp3) is 0.429. The zero-order valence-corrected chi connectivity index (χ0v) is 11.2. The van der Waals surface area contributed by atoms with Crippen molar-refractivity contribution in [2.75, 3.05) is 21.3 Å². The molecule has 1 aromatic carbocycles. The molecule has 0 aliphatic rings. The van der Waals surface area contributed by atoms with Gasteiger partial charge in [0.2, 0.25) is 5.75 Å². The topological polar surface area (TPSA) is 53.7 Å². The largest absolute Gasteiger partial charge is 0.493 e. The van der Waals surface area contributed by atoms with Crippen LogP contribution in [0.5, 0.6) is 17.2 Å². The maximum atomic E-state index is 5.77. The van der Waals surface area contributed by atoms with Gasteiger partial charge in [0.05, 0.1) is 32.9 Å². The average molecular weight is 249 g/mol. The van der Waals surface area contributed by atoms with Crippen molar-refractivity contribution >= 4 is 0 Å². The van der Waals surface area contributed by atoms with Gasteiger partial charge in [0.1, 0.15) is 0 Å². The lowest BCUT2D eigenvalue weighted by molar-refractivity contribution is 0.324. The van der Waals surface area contributed by atoms with Crippen LogP contribution in [-0.2, 0) is 0 Å². The van der Waals surface area contributed by atoms with Crippen molar-refractivity contribution < 1.29 is 14.2 Å². The molecule has 0 fully saturated rings. The van der Waals surface area contributed by atoms with E-state index in [4.69, 9.17) is 19.9 Å². The van der Waals surface area contributed by atoms with Crippen molar-refractivity contribution in [1.29, 1.82) is 0 Å². The highest BCUT2D eigenvalue weighted by molar-refractivity contribution is 5.60. The third-order valence-corrected chi connectivity index (χ3v) is 2.54. The van der Waals surface area contributed by atoms with E-state index in [0.29, 0.717) is 17.2 Å². The molecule has 0 bridgehead atoms. The van der Waals surface area contributed by atoms with Crippen molar-refractivity contribution in [3.05, 3.63) is 17.7 Å². The first-order chi connectivity index (χ1) is 8.67. The molecule has 1 atom stereocenters. The van der Waals surface area contributed by atoms with Crippen LogP contribution in [0.3, 0.4) is 0 Å². The van der Waals surface area contributed by atoms with Gasteiger partial charge >= 0.3 is 0 Å². The van der Waals surface area contributed by atoms with Gasteiger partial charge in [-0.3, -0.25) is 0 Å². The lowest BCUT2D eigenvalue weighted by Gasteiger charge is -2.13. The maximum absolute atomic E-state index is 5.77. The van der Waals surface area contributed by atoms with Crippen molar-refractivity contribution in [3.8, 4) is 29.1 Å². The van der Waals surface area contributed by atoms with Gasteiger partial charge in [-0.05, 0) is 18.6 Å². The molecule has 1 aromatic rings. The standard InChI is InChI=1S/C14H19NO3/c1-5-11(15)8-6-10-7-9-12(16-2)14(18-4)13(10)17-3/h7,9,11H,5,15H2,1-4H3. The van der Waals surface area contributed by atoms with Crippen LogP contribution in [0.4, 0.5) is 0 Å². The molecule has 0 aliphatic heterocycles. The Morgan fingerprint density at radius 1 is 1.11 bits per heavy atom. The van der Waals surface area contributed by atoms with E-state index in [0.717, 1.165) is 12.0 Å². The van der Waals surface area contributed by atoms with Crippen molar-refractivity contribution in [2.45, 2.75) is 19.4 Å². The molecule has 0 saturated heterocycles. The normalized spacial score (nSPS) is 11.2. The minimum Gasteiger partial charge on any atom is -0.493 e. The molecule has 0 heterocycles. The van der Waals surface area contributed by atoms with Crippen molar-refractivity contribution in [2.24, 2.45) is 5.73 Å². The average Bonchev–Trinajstić information content (AvgIpc) is 2.43. The van der Waals surface area contributed by atoms with Crippen LogP contribution in [0.1, 0.15) is 18.9 Å². The Morgan fingerprint density at radius 3 is 2.28 bits per heavy atom. The fourth-order valence-corrected chi connectivity index (χ4v) is 1.47. The van der Waals surface area contributed by atoms with Crippen LogP contribution in [0.2, 0.25) is 0 Å². The maximum Gasteiger partial charge on any atom is 0.204 e. The zero-order chi connectivity index (χ0) is 13.5. The van der Waals surface area contributed by atoms with Crippen molar-refractivity contribution in [3.63, 3.8) is 0 Å². The van der Waals surface area contributed by atoms with E-state index < -0.39 is 0 Å². The summed E-state index contributed by atoms with van der Waals surface area (Å²) < 4.78 is 15.8. The molecule has 4 heteroatoms. The Hall–Kier alpha value is -1.86. The second-order valence-corrected chi connectivity index (χ2v) is 3.67. The Kier molecular flexibility index (Phi) is 5.34.